The summed E-state index contributed by atoms with van der Waals surface area (Å²) in [6, 6.07) is 24.9. The zero-order valence-electron chi connectivity index (χ0n) is 38.2. The van der Waals surface area contributed by atoms with Crippen LogP contribution in [0.4, 0.5) is 0 Å². The number of benzene rings is 2. The average Bonchev–Trinajstić information content (AvgIpc) is 4.16. The van der Waals surface area contributed by atoms with Gasteiger partial charge in [-0.1, -0.05) is 195 Å². The van der Waals surface area contributed by atoms with Crippen LogP contribution in [0.1, 0.15) is 174 Å². The second kappa shape index (κ2) is 25.2. The molecule has 0 saturated carbocycles. The Labute approximate surface area is 389 Å². The summed E-state index contributed by atoms with van der Waals surface area (Å²) >= 11 is 0. The molecular formula is C56H68N4O2Zn. The third-order valence-corrected chi connectivity index (χ3v) is 12.7. The monoisotopic (exact) mass is 892 g/mol. The summed E-state index contributed by atoms with van der Waals surface area (Å²) in [5.41, 5.74) is 15.3. The van der Waals surface area contributed by atoms with E-state index in [9.17, 15) is 10.2 Å². The number of fused-ring (bicyclic) bond motifs is 8. The Hall–Kier alpha value is -4.42. The van der Waals surface area contributed by atoms with Crippen molar-refractivity contribution >= 4 is 46.4 Å². The molecule has 6 nitrogen and oxygen atoms in total. The topological polar surface area (TPSA) is 94.4 Å². The summed E-state index contributed by atoms with van der Waals surface area (Å²) in [5.74, 6) is 0. The number of hydrogen-bond acceptors (Lipinski definition) is 4. The first-order chi connectivity index (χ1) is 30.6. The minimum Gasteiger partial charge on any atom is -0.657 e. The number of aliphatic hydroxyl groups excluding tert-OH is 2. The van der Waals surface area contributed by atoms with E-state index in [1.165, 1.54) is 114 Å². The van der Waals surface area contributed by atoms with Crippen molar-refractivity contribution in [3.8, 4) is 22.3 Å². The number of aliphatic hydroxyl groups is 2. The molecule has 0 spiro atoms. The van der Waals surface area contributed by atoms with Crippen molar-refractivity contribution in [2.75, 3.05) is 0 Å². The molecular weight excluding hydrogens is 826 g/mol. The van der Waals surface area contributed by atoms with Gasteiger partial charge in [-0.25, -0.2) is 9.97 Å². The van der Waals surface area contributed by atoms with Crippen LogP contribution in [0.3, 0.4) is 0 Å². The van der Waals surface area contributed by atoms with Gasteiger partial charge in [-0.2, -0.15) is 0 Å². The molecule has 5 aromatic rings. The van der Waals surface area contributed by atoms with Gasteiger partial charge >= 0.3 is 19.5 Å². The van der Waals surface area contributed by atoms with Gasteiger partial charge in [-0.3, -0.25) is 0 Å². The molecule has 0 amide bonds. The minimum atomic E-state index is -0.0145. The van der Waals surface area contributed by atoms with Gasteiger partial charge in [-0.15, -0.1) is 22.1 Å². The molecule has 5 heterocycles. The van der Waals surface area contributed by atoms with Crippen LogP contribution >= 0.6 is 0 Å². The molecule has 0 unspecified atom stereocenters. The molecule has 0 radical (unpaired) electrons. The van der Waals surface area contributed by atoms with E-state index in [1.807, 2.05) is 24.3 Å². The molecule has 0 saturated heterocycles. The van der Waals surface area contributed by atoms with Crippen molar-refractivity contribution in [1.29, 1.82) is 0 Å². The molecule has 7 rings (SSSR count). The van der Waals surface area contributed by atoms with Crippen LogP contribution < -0.4 is 9.97 Å². The quantitative estimate of drug-likeness (QED) is 0.0464. The van der Waals surface area contributed by atoms with Crippen LogP contribution in [0, 0.1) is 0 Å². The molecule has 63 heavy (non-hydrogen) atoms. The first-order valence-electron chi connectivity index (χ1n) is 24.0. The number of nitrogens with zero attached hydrogens (tertiary/aromatic N) is 4. The zero-order chi connectivity index (χ0) is 42.9. The fourth-order valence-corrected chi connectivity index (χ4v) is 9.09. The largest absolute Gasteiger partial charge is 2.00 e. The van der Waals surface area contributed by atoms with Crippen molar-refractivity contribution in [2.45, 2.75) is 155 Å². The Morgan fingerprint density at radius 2 is 0.730 bits per heavy atom. The number of hydrogen-bond donors (Lipinski definition) is 2. The van der Waals surface area contributed by atoms with Gasteiger partial charge in [0.2, 0.25) is 0 Å². The summed E-state index contributed by atoms with van der Waals surface area (Å²) in [5, 5.41) is 19.8. The van der Waals surface area contributed by atoms with Crippen molar-refractivity contribution in [3.05, 3.63) is 118 Å². The molecule has 8 bridgehead atoms. The van der Waals surface area contributed by atoms with E-state index in [0.717, 1.165) is 104 Å². The summed E-state index contributed by atoms with van der Waals surface area (Å²) in [7, 11) is 0. The fraction of sp³-hybridized carbons (Fsp3) is 0.429. The summed E-state index contributed by atoms with van der Waals surface area (Å²) < 4.78 is 0. The summed E-state index contributed by atoms with van der Waals surface area (Å²) in [4.78, 5) is 21.7. The third kappa shape index (κ3) is 12.9. The maximum Gasteiger partial charge on any atom is 2.00 e. The van der Waals surface area contributed by atoms with E-state index in [-0.39, 0.29) is 32.7 Å². The maximum absolute atomic E-state index is 9.89. The molecule has 2 aromatic carbocycles. The first-order valence-corrected chi connectivity index (χ1v) is 24.0. The van der Waals surface area contributed by atoms with E-state index in [1.54, 1.807) is 0 Å². The second-order valence-electron chi connectivity index (χ2n) is 17.4. The number of unbranched alkanes of at least 4 members (excludes halogenated alkanes) is 16. The van der Waals surface area contributed by atoms with Gasteiger partial charge in [0.1, 0.15) is 0 Å². The van der Waals surface area contributed by atoms with Crippen molar-refractivity contribution in [2.24, 2.45) is 0 Å². The molecule has 3 aromatic heterocycles. The van der Waals surface area contributed by atoms with Crippen molar-refractivity contribution in [1.82, 2.24) is 19.9 Å². The number of aryl methyl sites for hydroxylation is 2. The second-order valence-corrected chi connectivity index (χ2v) is 17.4. The SMILES string of the molecule is CCCCCCCCCCCc1c2nc(c(-c3ccc(CO)cc3)c3nc(c(-c4ccc(CO)cc4)c4ccc([n-]4)c(CCCCCCCCCCC)c4ccc1[n-]4)C=C3)C=C2.[Zn+2]. The van der Waals surface area contributed by atoms with Crippen LogP contribution in [-0.2, 0) is 45.5 Å². The third-order valence-electron chi connectivity index (χ3n) is 12.7. The Morgan fingerprint density at radius 1 is 0.381 bits per heavy atom. The minimum absolute atomic E-state index is 0. The normalized spacial score (nSPS) is 12.0. The Kier molecular flexibility index (Phi) is 19.2. The molecule has 2 N–H and O–H groups in total. The molecule has 0 fully saturated rings. The maximum atomic E-state index is 9.89. The number of rotatable bonds is 24. The molecule has 2 aliphatic rings. The average molecular weight is 895 g/mol. The fourth-order valence-electron chi connectivity index (χ4n) is 9.09. The van der Waals surface area contributed by atoms with Gasteiger partial charge in [0.05, 0.1) is 36.0 Å². The van der Waals surface area contributed by atoms with E-state index >= 15 is 0 Å². The van der Waals surface area contributed by atoms with Gasteiger partial charge in [0.15, 0.2) is 0 Å². The Bertz CT molecular complexity index is 2420. The predicted molar refractivity (Wildman–Crippen MR) is 261 cm³/mol. The van der Waals surface area contributed by atoms with Crippen LogP contribution in [0.25, 0.3) is 68.6 Å². The van der Waals surface area contributed by atoms with Crippen molar-refractivity contribution in [3.63, 3.8) is 0 Å². The summed E-state index contributed by atoms with van der Waals surface area (Å²) in [6.45, 7) is 4.53. The smallest absolute Gasteiger partial charge is 0.657 e. The molecule has 2 aliphatic heterocycles. The summed E-state index contributed by atoms with van der Waals surface area (Å²) in [6.07, 6.45) is 33.4. The van der Waals surface area contributed by atoms with Gasteiger partial charge < -0.3 is 20.2 Å². The molecule has 0 atom stereocenters. The van der Waals surface area contributed by atoms with Gasteiger partial charge in [-0.05, 0) is 83.4 Å². The van der Waals surface area contributed by atoms with Crippen LogP contribution in [0.5, 0.6) is 0 Å². The van der Waals surface area contributed by atoms with E-state index in [2.05, 4.69) is 86.7 Å². The van der Waals surface area contributed by atoms with Crippen molar-refractivity contribution < 1.29 is 29.7 Å². The molecule has 7 heteroatoms. The predicted octanol–water partition coefficient (Wildman–Crippen LogP) is 14.4. The van der Waals surface area contributed by atoms with Gasteiger partial charge in [0.25, 0.3) is 0 Å². The first kappa shape index (κ1) is 48.0. The Morgan fingerprint density at radius 3 is 1.21 bits per heavy atom. The van der Waals surface area contributed by atoms with Crippen LogP contribution in [0.2, 0.25) is 0 Å². The van der Waals surface area contributed by atoms with E-state index in [0.29, 0.717) is 0 Å². The standard InChI is InChI=1S/C56H68N4O2.Zn/c1-3-5-7-9-11-13-15-17-19-21-45-47-31-32-48(57-47)46(22-20-18-16-14-12-10-8-6-4-2)50-34-36-52(59-50)56(44-29-25-42(40-62)26-30-44)54-38-37-53(60-54)55(51-35-33-49(45)58-51)43-27-23-41(39-61)24-28-43;/h23-38,61-62H,3-22,39-40H2,1-2H3;/q-2;+2. The Balaban J connectivity index is 0.00000661. The van der Waals surface area contributed by atoms with Gasteiger partial charge in [0, 0.05) is 5.56 Å². The van der Waals surface area contributed by atoms with E-state index in [4.69, 9.17) is 19.9 Å². The molecule has 326 valence electrons. The van der Waals surface area contributed by atoms with E-state index < -0.39 is 0 Å². The molecule has 0 aliphatic carbocycles. The number of aromatic nitrogens is 4. The van der Waals surface area contributed by atoms with Crippen LogP contribution in [0.15, 0.2) is 72.8 Å². The zero-order valence-corrected chi connectivity index (χ0v) is 41.2. The van der Waals surface area contributed by atoms with Crippen LogP contribution in [-0.4, -0.2) is 20.2 Å².